The summed E-state index contributed by atoms with van der Waals surface area (Å²) in [6.45, 7) is 0. The standard InChI is InChI=1S/C12H7ClF3N5OS/c1-21-3-6(9(20-21)12(14,15)16)18-10(22)5-4-23-11-8(5)19-7(13)2-17-11/h2-4H,1H3,(H,18,22). The van der Waals surface area contributed by atoms with Crippen LogP contribution in [0.1, 0.15) is 16.1 Å². The Morgan fingerprint density at radius 2 is 2.17 bits per heavy atom. The minimum Gasteiger partial charge on any atom is -0.319 e. The number of thiophene rings is 1. The second-order valence-corrected chi connectivity index (χ2v) is 5.76. The summed E-state index contributed by atoms with van der Waals surface area (Å²) in [5, 5.41) is 7.07. The number of aryl methyl sites for hydroxylation is 1. The quantitative estimate of drug-likeness (QED) is 0.759. The molecule has 0 aliphatic heterocycles. The van der Waals surface area contributed by atoms with Crippen molar-refractivity contribution in [3.63, 3.8) is 0 Å². The molecule has 11 heteroatoms. The maximum Gasteiger partial charge on any atom is 0.437 e. The topological polar surface area (TPSA) is 72.7 Å². The van der Waals surface area contributed by atoms with Crippen LogP contribution in [0, 0.1) is 0 Å². The Kier molecular flexibility index (Phi) is 3.72. The van der Waals surface area contributed by atoms with E-state index in [1.54, 1.807) is 0 Å². The van der Waals surface area contributed by atoms with Crippen molar-refractivity contribution in [3.8, 4) is 0 Å². The third-order valence-electron chi connectivity index (χ3n) is 2.84. The zero-order valence-electron chi connectivity index (χ0n) is 11.3. The maximum atomic E-state index is 12.9. The molecule has 0 radical (unpaired) electrons. The Labute approximate surface area is 135 Å². The van der Waals surface area contributed by atoms with Gasteiger partial charge in [-0.05, 0) is 0 Å². The fourth-order valence-electron chi connectivity index (χ4n) is 1.93. The molecule has 0 spiro atoms. The van der Waals surface area contributed by atoms with E-state index in [4.69, 9.17) is 11.6 Å². The molecule has 3 heterocycles. The number of carbonyl (C=O) groups excluding carboxylic acids is 1. The molecule has 3 aromatic heterocycles. The summed E-state index contributed by atoms with van der Waals surface area (Å²) in [5.41, 5.74) is -1.27. The second kappa shape index (κ2) is 5.46. The van der Waals surface area contributed by atoms with Crippen LogP contribution >= 0.6 is 22.9 Å². The molecule has 3 aromatic rings. The summed E-state index contributed by atoms with van der Waals surface area (Å²) in [6.07, 6.45) is -2.28. The first kappa shape index (κ1) is 15.7. The van der Waals surface area contributed by atoms with Crippen molar-refractivity contribution in [1.29, 1.82) is 0 Å². The normalized spacial score (nSPS) is 11.9. The van der Waals surface area contributed by atoms with Gasteiger partial charge in [0.05, 0.1) is 17.4 Å². The van der Waals surface area contributed by atoms with E-state index in [-0.39, 0.29) is 16.2 Å². The van der Waals surface area contributed by atoms with E-state index in [9.17, 15) is 18.0 Å². The lowest BCUT2D eigenvalue weighted by molar-refractivity contribution is -0.140. The average molecular weight is 362 g/mol. The van der Waals surface area contributed by atoms with E-state index >= 15 is 0 Å². The van der Waals surface area contributed by atoms with Crippen LogP contribution in [0.15, 0.2) is 17.8 Å². The van der Waals surface area contributed by atoms with Crippen molar-refractivity contribution in [2.24, 2.45) is 7.05 Å². The first-order valence-corrected chi connectivity index (χ1v) is 7.33. The van der Waals surface area contributed by atoms with Crippen LogP contribution in [-0.2, 0) is 13.2 Å². The van der Waals surface area contributed by atoms with Gasteiger partial charge in [0.1, 0.15) is 15.5 Å². The maximum absolute atomic E-state index is 12.9. The molecular weight excluding hydrogens is 355 g/mol. The van der Waals surface area contributed by atoms with Crippen molar-refractivity contribution in [2.45, 2.75) is 6.18 Å². The van der Waals surface area contributed by atoms with Crippen LogP contribution in [0.2, 0.25) is 5.15 Å². The lowest BCUT2D eigenvalue weighted by atomic mass is 10.2. The van der Waals surface area contributed by atoms with Crippen LogP contribution in [0.4, 0.5) is 18.9 Å². The number of hydrogen-bond acceptors (Lipinski definition) is 5. The van der Waals surface area contributed by atoms with Gasteiger partial charge in [-0.15, -0.1) is 11.3 Å². The zero-order valence-corrected chi connectivity index (χ0v) is 12.9. The summed E-state index contributed by atoms with van der Waals surface area (Å²) in [5.74, 6) is -0.744. The molecule has 0 bridgehead atoms. The van der Waals surface area contributed by atoms with Gasteiger partial charge in [0, 0.05) is 18.6 Å². The van der Waals surface area contributed by atoms with Gasteiger partial charge in [-0.25, -0.2) is 9.97 Å². The van der Waals surface area contributed by atoms with Crippen LogP contribution in [0.5, 0.6) is 0 Å². The van der Waals surface area contributed by atoms with Gasteiger partial charge in [0.2, 0.25) is 0 Å². The number of halogens is 4. The Hall–Kier alpha value is -2.20. The van der Waals surface area contributed by atoms with Crippen LogP contribution < -0.4 is 5.32 Å². The first-order chi connectivity index (χ1) is 10.8. The molecule has 0 unspecified atom stereocenters. The van der Waals surface area contributed by atoms with Crippen LogP contribution in [0.3, 0.4) is 0 Å². The fourth-order valence-corrected chi connectivity index (χ4v) is 2.89. The Morgan fingerprint density at radius 1 is 1.43 bits per heavy atom. The number of carbonyl (C=O) groups is 1. The summed E-state index contributed by atoms with van der Waals surface area (Å²) in [6, 6.07) is 0. The summed E-state index contributed by atoms with van der Waals surface area (Å²) in [7, 11) is 1.33. The third-order valence-corrected chi connectivity index (χ3v) is 3.90. The van der Waals surface area contributed by atoms with Gasteiger partial charge >= 0.3 is 6.18 Å². The number of alkyl halides is 3. The molecule has 1 N–H and O–H groups in total. The summed E-state index contributed by atoms with van der Waals surface area (Å²) >= 11 is 6.88. The largest absolute Gasteiger partial charge is 0.437 e. The van der Waals surface area contributed by atoms with Crippen molar-refractivity contribution >= 4 is 44.9 Å². The van der Waals surface area contributed by atoms with Crippen molar-refractivity contribution < 1.29 is 18.0 Å². The molecule has 1 amide bonds. The highest BCUT2D eigenvalue weighted by atomic mass is 35.5. The summed E-state index contributed by atoms with van der Waals surface area (Å²) in [4.78, 5) is 20.7. The second-order valence-electron chi connectivity index (χ2n) is 4.51. The highest BCUT2D eigenvalue weighted by Gasteiger charge is 2.37. The molecule has 0 saturated heterocycles. The number of fused-ring (bicyclic) bond motifs is 1. The number of nitrogens with zero attached hydrogens (tertiary/aromatic N) is 4. The molecule has 120 valence electrons. The van der Waals surface area contributed by atoms with Gasteiger partial charge in [-0.1, -0.05) is 11.6 Å². The van der Waals surface area contributed by atoms with Gasteiger partial charge in [-0.2, -0.15) is 18.3 Å². The molecule has 3 rings (SSSR count). The molecule has 0 aliphatic rings. The number of aromatic nitrogens is 4. The van der Waals surface area contributed by atoms with E-state index in [0.717, 1.165) is 22.2 Å². The van der Waals surface area contributed by atoms with Crippen molar-refractivity contribution in [2.75, 3.05) is 5.32 Å². The predicted molar refractivity (Wildman–Crippen MR) is 78.6 cm³/mol. The molecule has 0 fully saturated rings. The number of amides is 1. The smallest absolute Gasteiger partial charge is 0.319 e. The van der Waals surface area contributed by atoms with Gasteiger partial charge in [-0.3, -0.25) is 9.48 Å². The lowest BCUT2D eigenvalue weighted by Crippen LogP contribution is -2.16. The van der Waals surface area contributed by atoms with E-state index in [2.05, 4.69) is 20.4 Å². The number of rotatable bonds is 2. The Bertz CT molecular complexity index is 904. The molecule has 6 nitrogen and oxygen atoms in total. The van der Waals surface area contributed by atoms with E-state index in [1.165, 1.54) is 18.6 Å². The van der Waals surface area contributed by atoms with E-state index in [0.29, 0.717) is 4.83 Å². The predicted octanol–water partition coefficient (Wildman–Crippen LogP) is 3.35. The van der Waals surface area contributed by atoms with Gasteiger partial charge in [0.15, 0.2) is 5.69 Å². The molecule has 0 atom stereocenters. The molecule has 23 heavy (non-hydrogen) atoms. The van der Waals surface area contributed by atoms with Crippen molar-refractivity contribution in [1.82, 2.24) is 19.7 Å². The van der Waals surface area contributed by atoms with E-state index in [1.807, 2.05) is 0 Å². The first-order valence-electron chi connectivity index (χ1n) is 6.07. The Morgan fingerprint density at radius 3 is 2.87 bits per heavy atom. The Balaban J connectivity index is 1.97. The van der Waals surface area contributed by atoms with Gasteiger partial charge < -0.3 is 5.32 Å². The minimum absolute atomic E-state index is 0.0855. The molecule has 0 aromatic carbocycles. The zero-order chi connectivity index (χ0) is 16.8. The van der Waals surface area contributed by atoms with Crippen molar-refractivity contribution in [3.05, 3.63) is 34.2 Å². The van der Waals surface area contributed by atoms with Gasteiger partial charge in [0.25, 0.3) is 5.91 Å². The van der Waals surface area contributed by atoms with E-state index < -0.39 is 23.5 Å². The molecular formula is C12H7ClF3N5OS. The minimum atomic E-state index is -4.68. The van der Waals surface area contributed by atoms with Crippen LogP contribution in [-0.4, -0.2) is 25.7 Å². The average Bonchev–Trinajstić information content (AvgIpc) is 3.01. The summed E-state index contributed by atoms with van der Waals surface area (Å²) < 4.78 is 39.7. The fraction of sp³-hybridized carbons (Fsp3) is 0.167. The number of nitrogens with one attached hydrogen (secondary N) is 1. The number of hydrogen-bond donors (Lipinski definition) is 1. The van der Waals surface area contributed by atoms with Crippen LogP contribution in [0.25, 0.3) is 10.3 Å². The third kappa shape index (κ3) is 2.99. The molecule has 0 saturated carbocycles. The highest BCUT2D eigenvalue weighted by Crippen LogP contribution is 2.34. The SMILES string of the molecule is Cn1cc(NC(=O)c2csc3ncc(Cl)nc23)c(C(F)(F)F)n1. The highest BCUT2D eigenvalue weighted by molar-refractivity contribution is 7.17. The lowest BCUT2D eigenvalue weighted by Gasteiger charge is -2.07. The molecule has 0 aliphatic carbocycles. The monoisotopic (exact) mass is 361 g/mol. The number of anilines is 1.